The molecular formula is C12H18ClNO. The number of rotatable bonds is 5. The van der Waals surface area contributed by atoms with Crippen LogP contribution in [0.2, 0.25) is 5.02 Å². The van der Waals surface area contributed by atoms with Gasteiger partial charge in [0.15, 0.2) is 0 Å². The van der Waals surface area contributed by atoms with Gasteiger partial charge in [-0.1, -0.05) is 30.7 Å². The maximum absolute atomic E-state index is 9.08. The lowest BCUT2D eigenvalue weighted by Gasteiger charge is -2.20. The minimum atomic E-state index is 0.163. The fourth-order valence-electron chi connectivity index (χ4n) is 1.50. The third kappa shape index (κ3) is 3.82. The molecule has 2 N–H and O–H groups in total. The van der Waals surface area contributed by atoms with E-state index in [0.29, 0.717) is 0 Å². The molecule has 1 rings (SSSR count). The summed E-state index contributed by atoms with van der Waals surface area (Å²) >= 11 is 5.82. The number of aliphatic hydroxyl groups is 1. The van der Waals surface area contributed by atoms with Crippen LogP contribution >= 0.6 is 11.6 Å². The molecule has 0 aliphatic carbocycles. The maximum atomic E-state index is 9.08. The summed E-state index contributed by atoms with van der Waals surface area (Å²) in [6.45, 7) is 4.32. The van der Waals surface area contributed by atoms with Gasteiger partial charge in [0.05, 0.1) is 6.61 Å². The van der Waals surface area contributed by atoms with Crippen molar-refractivity contribution in [1.82, 2.24) is 5.32 Å². The van der Waals surface area contributed by atoms with Crippen LogP contribution in [0.1, 0.15) is 31.9 Å². The Labute approximate surface area is 96.3 Å². The highest BCUT2D eigenvalue weighted by atomic mass is 35.5. The van der Waals surface area contributed by atoms with Gasteiger partial charge in [-0.25, -0.2) is 0 Å². The third-order valence-corrected chi connectivity index (χ3v) is 2.82. The van der Waals surface area contributed by atoms with Crippen molar-refractivity contribution >= 4 is 11.6 Å². The predicted molar refractivity (Wildman–Crippen MR) is 64.2 cm³/mol. The van der Waals surface area contributed by atoms with Crippen molar-refractivity contribution < 1.29 is 5.11 Å². The molecular weight excluding hydrogens is 210 g/mol. The molecule has 0 heterocycles. The fourth-order valence-corrected chi connectivity index (χ4v) is 1.63. The largest absolute Gasteiger partial charge is 0.395 e. The minimum absolute atomic E-state index is 0.163. The quantitative estimate of drug-likeness (QED) is 0.811. The minimum Gasteiger partial charge on any atom is -0.395 e. The van der Waals surface area contributed by atoms with E-state index < -0.39 is 0 Å². The smallest absolute Gasteiger partial charge is 0.0584 e. The van der Waals surface area contributed by atoms with Crippen molar-refractivity contribution in [2.75, 3.05) is 6.61 Å². The van der Waals surface area contributed by atoms with E-state index in [9.17, 15) is 0 Å². The Morgan fingerprint density at radius 1 is 1.33 bits per heavy atom. The first-order chi connectivity index (χ1) is 7.17. The average molecular weight is 228 g/mol. The zero-order chi connectivity index (χ0) is 11.3. The molecule has 0 spiro atoms. The molecule has 1 aromatic rings. The third-order valence-electron chi connectivity index (χ3n) is 2.57. The molecule has 15 heavy (non-hydrogen) atoms. The lowest BCUT2D eigenvalue weighted by Crippen LogP contribution is -2.33. The summed E-state index contributed by atoms with van der Waals surface area (Å²) in [5, 5.41) is 13.2. The Bertz CT molecular complexity index is 282. The Kier molecular flexibility index (Phi) is 5.09. The zero-order valence-electron chi connectivity index (χ0n) is 9.20. The van der Waals surface area contributed by atoms with Crippen molar-refractivity contribution in [3.63, 3.8) is 0 Å². The molecule has 2 atom stereocenters. The highest BCUT2D eigenvalue weighted by Crippen LogP contribution is 2.16. The van der Waals surface area contributed by atoms with Gasteiger partial charge < -0.3 is 10.4 Å². The summed E-state index contributed by atoms with van der Waals surface area (Å²) in [6.07, 6.45) is 0.925. The average Bonchev–Trinajstić information content (AvgIpc) is 2.26. The molecule has 0 unspecified atom stereocenters. The molecule has 0 aromatic heterocycles. The first-order valence-corrected chi connectivity index (χ1v) is 5.67. The number of nitrogens with one attached hydrogen (secondary N) is 1. The summed E-state index contributed by atoms with van der Waals surface area (Å²) in [6, 6.07) is 8.17. The number of hydrogen-bond acceptors (Lipinski definition) is 2. The van der Waals surface area contributed by atoms with E-state index in [1.807, 2.05) is 24.3 Å². The molecule has 0 amide bonds. The first-order valence-electron chi connectivity index (χ1n) is 5.29. The molecule has 1 aromatic carbocycles. The van der Waals surface area contributed by atoms with Crippen molar-refractivity contribution in [2.24, 2.45) is 0 Å². The van der Waals surface area contributed by atoms with E-state index in [1.165, 1.54) is 5.56 Å². The molecule has 0 saturated carbocycles. The maximum Gasteiger partial charge on any atom is 0.0584 e. The molecule has 0 aliphatic heterocycles. The van der Waals surface area contributed by atoms with Crippen LogP contribution in [-0.2, 0) is 0 Å². The second kappa shape index (κ2) is 6.11. The van der Waals surface area contributed by atoms with Crippen molar-refractivity contribution in [3.05, 3.63) is 34.9 Å². The van der Waals surface area contributed by atoms with Gasteiger partial charge in [0.2, 0.25) is 0 Å². The molecule has 0 fully saturated rings. The fraction of sp³-hybridized carbons (Fsp3) is 0.500. The lowest BCUT2D eigenvalue weighted by atomic mass is 10.1. The summed E-state index contributed by atoms with van der Waals surface area (Å²) in [7, 11) is 0. The van der Waals surface area contributed by atoms with E-state index in [2.05, 4.69) is 19.2 Å². The van der Waals surface area contributed by atoms with Gasteiger partial charge in [-0.2, -0.15) is 0 Å². The van der Waals surface area contributed by atoms with E-state index in [1.54, 1.807) is 0 Å². The van der Waals surface area contributed by atoms with Gasteiger partial charge in [-0.05, 0) is 31.0 Å². The first kappa shape index (κ1) is 12.5. The second-order valence-electron chi connectivity index (χ2n) is 3.73. The standard InChI is InChI=1S/C12H18ClNO/c1-3-12(8-15)14-9(2)10-4-6-11(13)7-5-10/h4-7,9,12,14-15H,3,8H2,1-2H3/t9-,12-/m1/s1. The second-order valence-corrected chi connectivity index (χ2v) is 4.16. The Morgan fingerprint density at radius 3 is 2.40 bits per heavy atom. The van der Waals surface area contributed by atoms with Crippen LogP contribution in [-0.4, -0.2) is 17.8 Å². The Hall–Kier alpha value is -0.570. The van der Waals surface area contributed by atoms with Crippen LogP contribution < -0.4 is 5.32 Å². The van der Waals surface area contributed by atoms with Crippen molar-refractivity contribution in [1.29, 1.82) is 0 Å². The number of hydrogen-bond donors (Lipinski definition) is 2. The van der Waals surface area contributed by atoms with Crippen LogP contribution in [0, 0.1) is 0 Å². The molecule has 0 radical (unpaired) electrons. The lowest BCUT2D eigenvalue weighted by molar-refractivity contribution is 0.230. The number of halogens is 1. The summed E-state index contributed by atoms with van der Waals surface area (Å²) in [5.74, 6) is 0. The molecule has 0 bridgehead atoms. The van der Waals surface area contributed by atoms with Gasteiger partial charge >= 0.3 is 0 Å². The van der Waals surface area contributed by atoms with Crippen molar-refractivity contribution in [2.45, 2.75) is 32.4 Å². The predicted octanol–water partition coefficient (Wildman–Crippen LogP) is 2.76. The molecule has 2 nitrogen and oxygen atoms in total. The Balaban J connectivity index is 2.60. The topological polar surface area (TPSA) is 32.3 Å². The molecule has 0 saturated heterocycles. The van der Waals surface area contributed by atoms with Crippen LogP contribution in [0.5, 0.6) is 0 Å². The highest BCUT2D eigenvalue weighted by molar-refractivity contribution is 6.30. The normalized spacial score (nSPS) is 14.9. The highest BCUT2D eigenvalue weighted by Gasteiger charge is 2.10. The van der Waals surface area contributed by atoms with Gasteiger partial charge in [0, 0.05) is 17.1 Å². The zero-order valence-corrected chi connectivity index (χ0v) is 9.96. The van der Waals surface area contributed by atoms with Gasteiger partial charge in [0.25, 0.3) is 0 Å². The summed E-state index contributed by atoms with van der Waals surface area (Å²) in [5.41, 5.74) is 1.19. The van der Waals surface area contributed by atoms with Crippen LogP contribution in [0.4, 0.5) is 0 Å². The Morgan fingerprint density at radius 2 is 1.93 bits per heavy atom. The monoisotopic (exact) mass is 227 g/mol. The number of benzene rings is 1. The van der Waals surface area contributed by atoms with Crippen LogP contribution in [0.25, 0.3) is 0 Å². The SMILES string of the molecule is CC[C@H](CO)N[C@H](C)c1ccc(Cl)cc1. The van der Waals surface area contributed by atoms with E-state index in [-0.39, 0.29) is 18.7 Å². The van der Waals surface area contributed by atoms with E-state index in [4.69, 9.17) is 16.7 Å². The molecule has 3 heteroatoms. The van der Waals surface area contributed by atoms with Crippen molar-refractivity contribution in [3.8, 4) is 0 Å². The summed E-state index contributed by atoms with van der Waals surface area (Å²) in [4.78, 5) is 0. The van der Waals surface area contributed by atoms with Crippen LogP contribution in [0.3, 0.4) is 0 Å². The van der Waals surface area contributed by atoms with Gasteiger partial charge in [0.1, 0.15) is 0 Å². The summed E-state index contributed by atoms with van der Waals surface area (Å²) < 4.78 is 0. The molecule has 84 valence electrons. The van der Waals surface area contributed by atoms with E-state index >= 15 is 0 Å². The van der Waals surface area contributed by atoms with E-state index in [0.717, 1.165) is 11.4 Å². The molecule has 0 aliphatic rings. The van der Waals surface area contributed by atoms with Crippen LogP contribution in [0.15, 0.2) is 24.3 Å². The number of aliphatic hydroxyl groups excluding tert-OH is 1. The van der Waals surface area contributed by atoms with Gasteiger partial charge in [-0.3, -0.25) is 0 Å². The van der Waals surface area contributed by atoms with Gasteiger partial charge in [-0.15, -0.1) is 0 Å².